The third kappa shape index (κ3) is 1.63. The first-order valence-corrected chi connectivity index (χ1v) is 4.77. The topological polar surface area (TPSA) is 20.2 Å². The van der Waals surface area contributed by atoms with Gasteiger partial charge in [-0.2, -0.15) is 0 Å². The van der Waals surface area contributed by atoms with Crippen LogP contribution in [-0.4, -0.2) is 5.11 Å². The molecule has 62 valence electrons. The Morgan fingerprint density at radius 2 is 2.18 bits per heavy atom. The molecule has 0 saturated carbocycles. The van der Waals surface area contributed by atoms with Gasteiger partial charge >= 0.3 is 0 Å². The highest BCUT2D eigenvalue weighted by molar-refractivity contribution is 7.10. The number of thiophene rings is 1. The molecule has 1 aromatic rings. The van der Waals surface area contributed by atoms with Gasteiger partial charge in [-0.3, -0.25) is 0 Å². The number of hydrogen-bond acceptors (Lipinski definition) is 2. The lowest BCUT2D eigenvalue weighted by molar-refractivity contribution is 0.173. The summed E-state index contributed by atoms with van der Waals surface area (Å²) in [6, 6.07) is 0. The van der Waals surface area contributed by atoms with Crippen molar-refractivity contribution >= 4 is 11.3 Å². The lowest BCUT2D eigenvalue weighted by Crippen LogP contribution is -1.96. The summed E-state index contributed by atoms with van der Waals surface area (Å²) >= 11 is 1.71. The number of aryl methyl sites for hydroxylation is 2. The minimum atomic E-state index is -0.263. The van der Waals surface area contributed by atoms with Gasteiger partial charge in [0.2, 0.25) is 0 Å². The first-order chi connectivity index (χ1) is 5.16. The molecule has 0 aromatic carbocycles. The fourth-order valence-corrected chi connectivity index (χ4v) is 2.19. The predicted molar refractivity (Wildman–Crippen MR) is 49.0 cm³/mol. The third-order valence-electron chi connectivity index (χ3n) is 1.94. The summed E-state index contributed by atoms with van der Waals surface area (Å²) in [7, 11) is 0. The predicted octanol–water partition coefficient (Wildman–Crippen LogP) is 2.81. The summed E-state index contributed by atoms with van der Waals surface area (Å²) in [6.07, 6.45) is 0.541. The fourth-order valence-electron chi connectivity index (χ4n) is 1.28. The summed E-state index contributed by atoms with van der Waals surface area (Å²) in [6.45, 7) is 6.12. The van der Waals surface area contributed by atoms with Crippen molar-refractivity contribution in [2.24, 2.45) is 0 Å². The summed E-state index contributed by atoms with van der Waals surface area (Å²) < 4.78 is 0. The van der Waals surface area contributed by atoms with E-state index in [0.717, 1.165) is 12.0 Å². The van der Waals surface area contributed by atoms with Crippen molar-refractivity contribution in [1.82, 2.24) is 0 Å². The number of rotatable bonds is 2. The van der Waals surface area contributed by atoms with Crippen LogP contribution in [0.5, 0.6) is 0 Å². The molecule has 0 fully saturated rings. The Balaban J connectivity index is 3.00. The maximum absolute atomic E-state index is 9.59. The number of aliphatic hydroxyl groups is 1. The highest BCUT2D eigenvalue weighted by Crippen LogP contribution is 2.28. The van der Waals surface area contributed by atoms with Gasteiger partial charge in [0.05, 0.1) is 6.10 Å². The smallest absolute Gasteiger partial charge is 0.0800 e. The first kappa shape index (κ1) is 8.75. The SMILES string of the molecule is CCC(O)c1c(C)csc1C. The van der Waals surface area contributed by atoms with Crippen molar-refractivity contribution in [2.75, 3.05) is 0 Å². The van der Waals surface area contributed by atoms with Crippen LogP contribution in [0.25, 0.3) is 0 Å². The Kier molecular flexibility index (Phi) is 2.68. The highest BCUT2D eigenvalue weighted by Gasteiger charge is 2.11. The van der Waals surface area contributed by atoms with Gasteiger partial charge in [0, 0.05) is 4.88 Å². The van der Waals surface area contributed by atoms with Crippen LogP contribution in [0.15, 0.2) is 5.38 Å². The quantitative estimate of drug-likeness (QED) is 0.723. The van der Waals surface area contributed by atoms with Crippen LogP contribution in [0.1, 0.15) is 35.5 Å². The van der Waals surface area contributed by atoms with Crippen LogP contribution < -0.4 is 0 Å². The van der Waals surface area contributed by atoms with Crippen LogP contribution in [0.2, 0.25) is 0 Å². The van der Waals surface area contributed by atoms with Crippen molar-refractivity contribution in [3.8, 4) is 0 Å². The molecule has 1 heterocycles. The molecule has 1 N–H and O–H groups in total. The van der Waals surface area contributed by atoms with Gasteiger partial charge in [0.25, 0.3) is 0 Å². The average molecular weight is 170 g/mol. The molecule has 1 rings (SSSR count). The van der Waals surface area contributed by atoms with Gasteiger partial charge < -0.3 is 5.11 Å². The molecule has 0 aliphatic carbocycles. The van der Waals surface area contributed by atoms with E-state index in [1.807, 2.05) is 6.92 Å². The van der Waals surface area contributed by atoms with Gasteiger partial charge in [-0.25, -0.2) is 0 Å². The van der Waals surface area contributed by atoms with E-state index in [9.17, 15) is 5.11 Å². The molecule has 0 bridgehead atoms. The molecule has 1 atom stereocenters. The van der Waals surface area contributed by atoms with Crippen molar-refractivity contribution in [3.63, 3.8) is 0 Å². The van der Waals surface area contributed by atoms with E-state index in [-0.39, 0.29) is 6.10 Å². The van der Waals surface area contributed by atoms with Crippen LogP contribution in [0.3, 0.4) is 0 Å². The Labute approximate surface area is 71.7 Å². The summed E-state index contributed by atoms with van der Waals surface area (Å²) in [5.74, 6) is 0. The molecule has 0 spiro atoms. The Hall–Kier alpha value is -0.340. The van der Waals surface area contributed by atoms with E-state index in [1.54, 1.807) is 11.3 Å². The van der Waals surface area contributed by atoms with E-state index in [4.69, 9.17) is 0 Å². The van der Waals surface area contributed by atoms with E-state index >= 15 is 0 Å². The molecule has 11 heavy (non-hydrogen) atoms. The third-order valence-corrected chi connectivity index (χ3v) is 2.98. The van der Waals surface area contributed by atoms with Crippen LogP contribution >= 0.6 is 11.3 Å². The van der Waals surface area contributed by atoms with E-state index in [1.165, 1.54) is 10.4 Å². The first-order valence-electron chi connectivity index (χ1n) is 3.89. The summed E-state index contributed by atoms with van der Waals surface area (Å²) in [5.41, 5.74) is 2.36. The molecule has 0 aliphatic heterocycles. The number of aliphatic hydroxyl groups excluding tert-OH is 1. The molecular formula is C9H14OS. The summed E-state index contributed by atoms with van der Waals surface area (Å²) in [4.78, 5) is 1.25. The molecular weight excluding hydrogens is 156 g/mol. The zero-order chi connectivity index (χ0) is 8.43. The van der Waals surface area contributed by atoms with Gasteiger partial charge in [0.1, 0.15) is 0 Å². The van der Waals surface area contributed by atoms with Crippen molar-refractivity contribution < 1.29 is 5.11 Å². The standard InChI is InChI=1S/C9H14OS/c1-4-8(10)9-6(2)5-11-7(9)3/h5,8,10H,4H2,1-3H3. The fraction of sp³-hybridized carbons (Fsp3) is 0.556. The zero-order valence-corrected chi connectivity index (χ0v) is 8.03. The zero-order valence-electron chi connectivity index (χ0n) is 7.22. The molecule has 0 saturated heterocycles. The Bertz CT molecular complexity index is 220. The Morgan fingerprint density at radius 1 is 1.55 bits per heavy atom. The molecule has 1 nitrogen and oxygen atoms in total. The van der Waals surface area contributed by atoms with Gasteiger partial charge in [0.15, 0.2) is 0 Å². The summed E-state index contributed by atoms with van der Waals surface area (Å²) in [5, 5.41) is 11.7. The molecule has 1 aromatic heterocycles. The minimum absolute atomic E-state index is 0.263. The number of hydrogen-bond donors (Lipinski definition) is 1. The van der Waals surface area contributed by atoms with Crippen molar-refractivity contribution in [1.29, 1.82) is 0 Å². The molecule has 1 unspecified atom stereocenters. The van der Waals surface area contributed by atoms with Crippen LogP contribution in [0, 0.1) is 13.8 Å². The van der Waals surface area contributed by atoms with E-state index in [2.05, 4.69) is 19.2 Å². The highest BCUT2D eigenvalue weighted by atomic mass is 32.1. The van der Waals surface area contributed by atoms with Crippen LogP contribution in [-0.2, 0) is 0 Å². The van der Waals surface area contributed by atoms with Gasteiger partial charge in [-0.05, 0) is 36.8 Å². The monoisotopic (exact) mass is 170 g/mol. The van der Waals surface area contributed by atoms with Crippen molar-refractivity contribution in [3.05, 3.63) is 21.4 Å². The average Bonchev–Trinajstić information content (AvgIpc) is 2.30. The second-order valence-corrected chi connectivity index (χ2v) is 3.90. The lowest BCUT2D eigenvalue weighted by Gasteiger charge is -2.08. The maximum Gasteiger partial charge on any atom is 0.0800 e. The normalized spacial score (nSPS) is 13.5. The lowest BCUT2D eigenvalue weighted by atomic mass is 10.0. The second-order valence-electron chi connectivity index (χ2n) is 2.81. The van der Waals surface area contributed by atoms with Crippen LogP contribution in [0.4, 0.5) is 0 Å². The Morgan fingerprint density at radius 3 is 2.55 bits per heavy atom. The maximum atomic E-state index is 9.59. The van der Waals surface area contributed by atoms with E-state index in [0.29, 0.717) is 0 Å². The van der Waals surface area contributed by atoms with Gasteiger partial charge in [-0.15, -0.1) is 11.3 Å². The molecule has 0 aliphatic rings. The largest absolute Gasteiger partial charge is 0.388 e. The molecule has 0 amide bonds. The van der Waals surface area contributed by atoms with Crippen molar-refractivity contribution in [2.45, 2.75) is 33.3 Å². The second kappa shape index (κ2) is 3.37. The minimum Gasteiger partial charge on any atom is -0.388 e. The molecule has 2 heteroatoms. The van der Waals surface area contributed by atoms with Gasteiger partial charge in [-0.1, -0.05) is 6.92 Å². The van der Waals surface area contributed by atoms with E-state index < -0.39 is 0 Å². The molecule has 0 radical (unpaired) electrons.